The van der Waals surface area contributed by atoms with E-state index < -0.39 is 5.60 Å². The third-order valence-electron chi connectivity index (χ3n) is 7.41. The van der Waals surface area contributed by atoms with E-state index in [1.807, 2.05) is 45.0 Å². The summed E-state index contributed by atoms with van der Waals surface area (Å²) in [6.07, 6.45) is 7.08. The van der Waals surface area contributed by atoms with Gasteiger partial charge in [-0.05, 0) is 63.3 Å². The van der Waals surface area contributed by atoms with E-state index in [0.717, 1.165) is 65.7 Å². The van der Waals surface area contributed by atoms with Crippen LogP contribution in [0.4, 0.5) is 4.79 Å². The van der Waals surface area contributed by atoms with Gasteiger partial charge in [0.1, 0.15) is 17.2 Å². The molecule has 1 aromatic carbocycles. The first-order valence-corrected chi connectivity index (χ1v) is 16.3. The Labute approximate surface area is 258 Å². The maximum absolute atomic E-state index is 12.7. The zero-order valence-corrected chi connectivity index (χ0v) is 26.5. The minimum Gasteiger partial charge on any atom is -0.444 e. The highest BCUT2D eigenvalue weighted by molar-refractivity contribution is 7.31. The van der Waals surface area contributed by atoms with Crippen molar-refractivity contribution in [3.63, 3.8) is 0 Å². The number of carbonyl (C=O) groups excluding carboxylic acids is 2. The predicted molar refractivity (Wildman–Crippen MR) is 172 cm³/mol. The van der Waals surface area contributed by atoms with E-state index in [2.05, 4.69) is 56.3 Å². The molecule has 224 valence electrons. The molecule has 6 rings (SSSR count). The second-order valence-electron chi connectivity index (χ2n) is 11.9. The second kappa shape index (κ2) is 12.0. The van der Waals surface area contributed by atoms with Crippen molar-refractivity contribution in [2.24, 2.45) is 0 Å². The Morgan fingerprint density at radius 2 is 1.74 bits per heavy atom. The quantitative estimate of drug-likeness (QED) is 0.164. The number of aromatic amines is 2. The van der Waals surface area contributed by atoms with Crippen LogP contribution in [0.2, 0.25) is 0 Å². The fourth-order valence-corrected chi connectivity index (χ4v) is 7.73. The van der Waals surface area contributed by atoms with Gasteiger partial charge in [-0.3, -0.25) is 4.79 Å². The Morgan fingerprint density at radius 1 is 1.05 bits per heavy atom. The highest BCUT2D eigenvalue weighted by atomic mass is 32.1. The minimum absolute atomic E-state index is 0.0378. The summed E-state index contributed by atoms with van der Waals surface area (Å²) in [6, 6.07) is 13.0. The molecule has 5 heterocycles. The lowest BCUT2D eigenvalue weighted by molar-refractivity contribution is -0.119. The molecule has 1 aliphatic rings. The molecule has 1 atom stereocenters. The number of H-pyrrole nitrogens is 2. The van der Waals surface area contributed by atoms with Crippen LogP contribution < -0.4 is 0 Å². The standard InChI is InChI=1S/C32H36N6O3S2/c1-5-12-37(31(40)41-32(2,3)4)18-29-33-17-23(35-29)26-15-28-27(43-26)14-25(42-28)21-10-8-20(9-11-21)22-16-34-30(36-22)24-7-6-13-38(24)19-39/h8-11,14-17,19,24H,5-7,12-13,18H2,1-4H3,(H,33,35)(H,34,36). The van der Waals surface area contributed by atoms with Crippen molar-refractivity contribution in [1.29, 1.82) is 0 Å². The van der Waals surface area contributed by atoms with E-state index in [0.29, 0.717) is 13.1 Å². The maximum Gasteiger partial charge on any atom is 0.410 e. The van der Waals surface area contributed by atoms with Crippen LogP contribution in [0.1, 0.15) is 64.6 Å². The number of rotatable bonds is 9. The molecule has 1 fully saturated rings. The van der Waals surface area contributed by atoms with Crippen molar-refractivity contribution in [2.75, 3.05) is 13.1 Å². The van der Waals surface area contributed by atoms with Crippen molar-refractivity contribution in [3.05, 3.63) is 60.4 Å². The van der Waals surface area contributed by atoms with Crippen molar-refractivity contribution < 1.29 is 14.3 Å². The molecule has 0 aliphatic carbocycles. The predicted octanol–water partition coefficient (Wildman–Crippen LogP) is 7.85. The fourth-order valence-electron chi connectivity index (χ4n) is 5.37. The van der Waals surface area contributed by atoms with Crippen LogP contribution in [0.25, 0.3) is 41.7 Å². The molecule has 1 saturated heterocycles. The number of hydrogen-bond donors (Lipinski definition) is 2. The van der Waals surface area contributed by atoms with Gasteiger partial charge in [-0.1, -0.05) is 31.2 Å². The largest absolute Gasteiger partial charge is 0.444 e. The topological polar surface area (TPSA) is 107 Å². The summed E-state index contributed by atoms with van der Waals surface area (Å²) in [5, 5.41) is 0. The highest BCUT2D eigenvalue weighted by Crippen LogP contribution is 2.41. The monoisotopic (exact) mass is 616 g/mol. The third kappa shape index (κ3) is 6.37. The minimum atomic E-state index is -0.541. The van der Waals surface area contributed by atoms with Crippen LogP contribution in [0.15, 0.2) is 48.8 Å². The van der Waals surface area contributed by atoms with E-state index in [9.17, 15) is 9.59 Å². The molecule has 43 heavy (non-hydrogen) atoms. The molecule has 2 N–H and O–H groups in total. The molecule has 5 aromatic rings. The number of benzene rings is 1. The van der Waals surface area contributed by atoms with Crippen molar-refractivity contribution in [2.45, 2.75) is 65.1 Å². The number of fused-ring (bicyclic) bond motifs is 1. The molecule has 0 spiro atoms. The van der Waals surface area contributed by atoms with Gasteiger partial charge in [-0.25, -0.2) is 14.8 Å². The number of nitrogens with one attached hydrogen (secondary N) is 2. The molecular weight excluding hydrogens is 581 g/mol. The van der Waals surface area contributed by atoms with Gasteiger partial charge in [0.25, 0.3) is 0 Å². The third-order valence-corrected chi connectivity index (χ3v) is 9.78. The van der Waals surface area contributed by atoms with Gasteiger partial charge in [-0.15, -0.1) is 22.7 Å². The normalized spacial score (nSPS) is 15.3. The molecule has 0 bridgehead atoms. The van der Waals surface area contributed by atoms with Crippen LogP contribution in [0.5, 0.6) is 0 Å². The van der Waals surface area contributed by atoms with Crippen LogP contribution in [-0.2, 0) is 16.1 Å². The SMILES string of the molecule is CCCN(Cc1ncc(-c2cc3sc(-c4ccc(-c5cnc(C6CCCN6C=O)[nH]5)cc4)cc3s2)[nH]1)C(=O)OC(C)(C)C. The fraction of sp³-hybridized carbons (Fsp3) is 0.375. The van der Waals surface area contributed by atoms with Crippen LogP contribution >= 0.6 is 22.7 Å². The van der Waals surface area contributed by atoms with Crippen molar-refractivity contribution in [1.82, 2.24) is 29.7 Å². The lowest BCUT2D eigenvalue weighted by Gasteiger charge is -2.26. The summed E-state index contributed by atoms with van der Waals surface area (Å²) >= 11 is 3.50. The van der Waals surface area contributed by atoms with Crippen molar-refractivity contribution >= 4 is 44.6 Å². The number of aromatic nitrogens is 4. The van der Waals surface area contributed by atoms with Crippen molar-refractivity contribution in [3.8, 4) is 32.3 Å². The van der Waals surface area contributed by atoms with Gasteiger partial charge in [0.2, 0.25) is 6.41 Å². The summed E-state index contributed by atoms with van der Waals surface area (Å²) in [6.45, 7) is 9.44. The molecule has 4 aromatic heterocycles. The van der Waals surface area contributed by atoms with Gasteiger partial charge >= 0.3 is 6.09 Å². The van der Waals surface area contributed by atoms with Gasteiger partial charge in [0, 0.05) is 27.4 Å². The van der Waals surface area contributed by atoms with Gasteiger partial charge < -0.3 is 24.5 Å². The van der Waals surface area contributed by atoms with Gasteiger partial charge in [0.15, 0.2) is 0 Å². The molecular formula is C32H36N6O3S2. The zero-order valence-electron chi connectivity index (χ0n) is 24.8. The van der Waals surface area contributed by atoms with E-state index in [1.165, 1.54) is 19.8 Å². The summed E-state index contributed by atoms with van der Waals surface area (Å²) < 4.78 is 8.04. The number of likely N-dealkylation sites (tertiary alicyclic amines) is 1. The Hall–Kier alpha value is -3.96. The first kappa shape index (κ1) is 29.1. The average molecular weight is 617 g/mol. The number of carbonyl (C=O) groups is 2. The molecule has 11 heteroatoms. The van der Waals surface area contributed by atoms with E-state index in [1.54, 1.807) is 27.6 Å². The Morgan fingerprint density at radius 3 is 2.47 bits per heavy atom. The lowest BCUT2D eigenvalue weighted by atomic mass is 10.1. The average Bonchev–Trinajstić information content (AvgIpc) is 3.79. The summed E-state index contributed by atoms with van der Waals surface area (Å²) in [4.78, 5) is 45.8. The van der Waals surface area contributed by atoms with Crippen LogP contribution in [-0.4, -0.2) is 60.9 Å². The van der Waals surface area contributed by atoms with Crippen LogP contribution in [0, 0.1) is 0 Å². The number of thiophene rings is 2. The van der Waals surface area contributed by atoms with Gasteiger partial charge in [-0.2, -0.15) is 0 Å². The first-order valence-electron chi connectivity index (χ1n) is 14.6. The molecule has 0 radical (unpaired) electrons. The van der Waals surface area contributed by atoms with E-state index in [-0.39, 0.29) is 12.1 Å². The Kier molecular flexibility index (Phi) is 8.11. The number of imidazole rings is 2. The number of ether oxygens (including phenoxy) is 1. The number of hydrogen-bond acceptors (Lipinski definition) is 7. The van der Waals surface area contributed by atoms with E-state index >= 15 is 0 Å². The molecule has 1 unspecified atom stereocenters. The summed E-state index contributed by atoms with van der Waals surface area (Å²) in [5.74, 6) is 1.59. The molecule has 2 amide bonds. The zero-order chi connectivity index (χ0) is 30.1. The number of nitrogens with zero attached hydrogens (tertiary/aromatic N) is 4. The number of amides is 2. The van der Waals surface area contributed by atoms with Crippen LogP contribution in [0.3, 0.4) is 0 Å². The lowest BCUT2D eigenvalue weighted by Crippen LogP contribution is -2.37. The Bertz CT molecular complexity index is 1690. The first-order chi connectivity index (χ1) is 20.7. The second-order valence-corrected chi connectivity index (χ2v) is 14.0. The van der Waals surface area contributed by atoms with Gasteiger partial charge in [0.05, 0.1) is 41.2 Å². The Balaban J connectivity index is 1.13. The highest BCUT2D eigenvalue weighted by Gasteiger charge is 2.27. The summed E-state index contributed by atoms with van der Waals surface area (Å²) in [5.41, 5.74) is 3.60. The molecule has 1 aliphatic heterocycles. The summed E-state index contributed by atoms with van der Waals surface area (Å²) in [7, 11) is 0. The molecule has 0 saturated carbocycles. The molecule has 9 nitrogen and oxygen atoms in total. The maximum atomic E-state index is 12.7. The van der Waals surface area contributed by atoms with E-state index in [4.69, 9.17) is 4.74 Å². The smallest absolute Gasteiger partial charge is 0.410 e.